The Labute approximate surface area is 125 Å². The van der Waals surface area contributed by atoms with E-state index in [1.54, 1.807) is 0 Å². The monoisotopic (exact) mass is 292 g/mol. The number of halogens is 1. The molecule has 2 fully saturated rings. The van der Waals surface area contributed by atoms with E-state index in [0.29, 0.717) is 6.04 Å². The number of benzene rings is 1. The smallest absolute Gasteiger partial charge is 0.226 e. The maximum atomic E-state index is 12.0. The van der Waals surface area contributed by atoms with E-state index in [0.717, 1.165) is 43.9 Å². The summed E-state index contributed by atoms with van der Waals surface area (Å²) in [6, 6.07) is 8.36. The molecule has 2 saturated heterocycles. The molecule has 1 N–H and O–H groups in total. The molecule has 1 amide bonds. The first-order valence-corrected chi connectivity index (χ1v) is 7.77. The van der Waals surface area contributed by atoms with Crippen LogP contribution in [0.5, 0.6) is 0 Å². The van der Waals surface area contributed by atoms with Crippen LogP contribution in [0, 0.1) is 5.41 Å². The van der Waals surface area contributed by atoms with E-state index in [2.05, 4.69) is 23.2 Å². The minimum atomic E-state index is -0.0866. The minimum absolute atomic E-state index is 0.0866. The van der Waals surface area contributed by atoms with Gasteiger partial charge in [0.05, 0.1) is 5.41 Å². The molecule has 1 unspecified atom stereocenters. The molecule has 3 rings (SSSR count). The summed E-state index contributed by atoms with van der Waals surface area (Å²) < 4.78 is 0. The molecule has 0 aromatic heterocycles. The topological polar surface area (TPSA) is 32.3 Å². The standard InChI is InChI=1S/C16H21ClN2O/c1-12(13-4-2-3-5-14(13)17)19-10-7-16(8-11-19)6-9-18-15(16)20/h2-5,12H,6-11H2,1H3,(H,18,20). The van der Waals surface area contributed by atoms with Crippen molar-refractivity contribution >= 4 is 17.5 Å². The first kappa shape index (κ1) is 13.9. The van der Waals surface area contributed by atoms with Crippen LogP contribution in [-0.2, 0) is 4.79 Å². The van der Waals surface area contributed by atoms with Gasteiger partial charge in [0, 0.05) is 17.6 Å². The summed E-state index contributed by atoms with van der Waals surface area (Å²) in [5, 5.41) is 3.82. The molecule has 2 aliphatic rings. The number of likely N-dealkylation sites (tertiary alicyclic amines) is 1. The molecule has 1 aromatic carbocycles. The number of hydrogen-bond acceptors (Lipinski definition) is 2. The van der Waals surface area contributed by atoms with Crippen molar-refractivity contribution in [3.05, 3.63) is 34.9 Å². The number of carbonyl (C=O) groups is 1. The Morgan fingerprint density at radius 2 is 1.95 bits per heavy atom. The molecule has 0 saturated carbocycles. The Morgan fingerprint density at radius 3 is 2.55 bits per heavy atom. The van der Waals surface area contributed by atoms with Crippen molar-refractivity contribution in [2.24, 2.45) is 5.41 Å². The third-order valence-corrected chi connectivity index (χ3v) is 5.37. The fourth-order valence-electron chi connectivity index (χ4n) is 3.54. The summed E-state index contributed by atoms with van der Waals surface area (Å²) in [5.74, 6) is 0.266. The predicted octanol–water partition coefficient (Wildman–Crippen LogP) is 3.00. The second kappa shape index (κ2) is 5.38. The van der Waals surface area contributed by atoms with Gasteiger partial charge in [-0.3, -0.25) is 9.69 Å². The average Bonchev–Trinajstić information content (AvgIpc) is 2.81. The van der Waals surface area contributed by atoms with E-state index in [1.807, 2.05) is 18.2 Å². The molecule has 4 heteroatoms. The van der Waals surface area contributed by atoms with Crippen molar-refractivity contribution in [2.75, 3.05) is 19.6 Å². The molecule has 0 bridgehead atoms. The van der Waals surface area contributed by atoms with Crippen LogP contribution in [-0.4, -0.2) is 30.4 Å². The van der Waals surface area contributed by atoms with Crippen molar-refractivity contribution < 1.29 is 4.79 Å². The number of piperidine rings is 1. The maximum Gasteiger partial charge on any atom is 0.226 e. The number of nitrogens with one attached hydrogen (secondary N) is 1. The molecule has 0 radical (unpaired) electrons. The van der Waals surface area contributed by atoms with E-state index in [4.69, 9.17) is 11.6 Å². The molecular weight excluding hydrogens is 272 g/mol. The largest absolute Gasteiger partial charge is 0.356 e. The van der Waals surface area contributed by atoms with Gasteiger partial charge in [-0.05, 0) is 50.9 Å². The second-order valence-electron chi connectivity index (χ2n) is 6.02. The van der Waals surface area contributed by atoms with Crippen LogP contribution in [0.4, 0.5) is 0 Å². The van der Waals surface area contributed by atoms with Gasteiger partial charge >= 0.3 is 0 Å². The molecule has 3 nitrogen and oxygen atoms in total. The molecule has 1 spiro atoms. The lowest BCUT2D eigenvalue weighted by Gasteiger charge is -2.40. The van der Waals surface area contributed by atoms with Gasteiger partial charge in [-0.15, -0.1) is 0 Å². The van der Waals surface area contributed by atoms with Crippen molar-refractivity contribution in [2.45, 2.75) is 32.2 Å². The van der Waals surface area contributed by atoms with Crippen LogP contribution >= 0.6 is 11.6 Å². The van der Waals surface area contributed by atoms with Gasteiger partial charge in [0.1, 0.15) is 0 Å². The number of hydrogen-bond donors (Lipinski definition) is 1. The lowest BCUT2D eigenvalue weighted by atomic mass is 9.76. The van der Waals surface area contributed by atoms with E-state index in [-0.39, 0.29) is 11.3 Å². The van der Waals surface area contributed by atoms with E-state index < -0.39 is 0 Å². The highest BCUT2D eigenvalue weighted by atomic mass is 35.5. The SMILES string of the molecule is CC(c1ccccc1Cl)N1CCC2(CCNC2=O)CC1. The van der Waals surface area contributed by atoms with Crippen molar-refractivity contribution in [1.82, 2.24) is 10.2 Å². The predicted molar refractivity (Wildman–Crippen MR) is 80.7 cm³/mol. The van der Waals surface area contributed by atoms with Crippen molar-refractivity contribution in [3.63, 3.8) is 0 Å². The Kier molecular flexibility index (Phi) is 3.74. The number of rotatable bonds is 2. The molecule has 2 heterocycles. The Bertz CT molecular complexity index is 509. The Balaban J connectivity index is 1.69. The Hall–Kier alpha value is -1.06. The number of amides is 1. The fraction of sp³-hybridized carbons (Fsp3) is 0.562. The van der Waals surface area contributed by atoms with Gasteiger partial charge in [-0.1, -0.05) is 29.8 Å². The highest BCUT2D eigenvalue weighted by molar-refractivity contribution is 6.31. The zero-order valence-electron chi connectivity index (χ0n) is 11.9. The quantitative estimate of drug-likeness (QED) is 0.909. The van der Waals surface area contributed by atoms with E-state index >= 15 is 0 Å². The first-order valence-electron chi connectivity index (χ1n) is 7.39. The highest BCUT2D eigenvalue weighted by Crippen LogP contribution is 2.40. The number of nitrogens with zero attached hydrogens (tertiary/aromatic N) is 1. The summed E-state index contributed by atoms with van der Waals surface area (Å²) in [7, 11) is 0. The van der Waals surface area contributed by atoms with Gasteiger partial charge in [-0.2, -0.15) is 0 Å². The van der Waals surface area contributed by atoms with Crippen LogP contribution in [0.25, 0.3) is 0 Å². The summed E-state index contributed by atoms with van der Waals surface area (Å²) in [5.41, 5.74) is 1.09. The van der Waals surface area contributed by atoms with Gasteiger partial charge in [-0.25, -0.2) is 0 Å². The van der Waals surface area contributed by atoms with E-state index in [9.17, 15) is 4.79 Å². The van der Waals surface area contributed by atoms with E-state index in [1.165, 1.54) is 5.56 Å². The molecule has 108 valence electrons. The summed E-state index contributed by atoms with van der Waals surface area (Å²) in [4.78, 5) is 14.4. The lowest BCUT2D eigenvalue weighted by Crippen LogP contribution is -2.44. The number of carbonyl (C=O) groups excluding carboxylic acids is 1. The Morgan fingerprint density at radius 1 is 1.25 bits per heavy atom. The zero-order valence-corrected chi connectivity index (χ0v) is 12.6. The highest BCUT2D eigenvalue weighted by Gasteiger charge is 2.44. The third-order valence-electron chi connectivity index (χ3n) is 5.03. The third kappa shape index (κ3) is 2.33. The van der Waals surface area contributed by atoms with Crippen molar-refractivity contribution in [3.8, 4) is 0 Å². The second-order valence-corrected chi connectivity index (χ2v) is 6.43. The van der Waals surface area contributed by atoms with Crippen LogP contribution in [0.3, 0.4) is 0 Å². The van der Waals surface area contributed by atoms with Crippen molar-refractivity contribution in [1.29, 1.82) is 0 Å². The minimum Gasteiger partial charge on any atom is -0.356 e. The fourth-order valence-corrected chi connectivity index (χ4v) is 3.84. The van der Waals surface area contributed by atoms with Crippen LogP contribution in [0.15, 0.2) is 24.3 Å². The van der Waals surface area contributed by atoms with Crippen LogP contribution in [0.1, 0.15) is 37.8 Å². The molecular formula is C16H21ClN2O. The molecule has 0 aliphatic carbocycles. The molecule has 1 aromatic rings. The summed E-state index contributed by atoms with van der Waals surface area (Å²) in [6.07, 6.45) is 2.93. The van der Waals surface area contributed by atoms with Crippen LogP contribution < -0.4 is 5.32 Å². The van der Waals surface area contributed by atoms with Gasteiger partial charge in [0.15, 0.2) is 0 Å². The molecule has 2 aliphatic heterocycles. The van der Waals surface area contributed by atoms with Gasteiger partial charge in [0.25, 0.3) is 0 Å². The molecule has 20 heavy (non-hydrogen) atoms. The maximum absolute atomic E-state index is 12.0. The van der Waals surface area contributed by atoms with Gasteiger partial charge in [0.2, 0.25) is 5.91 Å². The summed E-state index contributed by atoms with van der Waals surface area (Å²) in [6.45, 7) is 4.99. The van der Waals surface area contributed by atoms with Gasteiger partial charge < -0.3 is 5.32 Å². The van der Waals surface area contributed by atoms with Crippen LogP contribution in [0.2, 0.25) is 5.02 Å². The lowest BCUT2D eigenvalue weighted by molar-refractivity contribution is -0.130. The average molecular weight is 293 g/mol. The zero-order chi connectivity index (χ0) is 14.2. The first-order chi connectivity index (χ1) is 9.62. The normalized spacial score (nSPS) is 23.8. The molecule has 1 atom stereocenters. The summed E-state index contributed by atoms with van der Waals surface area (Å²) >= 11 is 6.29.